The highest BCUT2D eigenvalue weighted by Crippen LogP contribution is 2.31. The Balaban J connectivity index is 0.00000171. The van der Waals surface area contributed by atoms with Crippen LogP contribution >= 0.6 is 24.8 Å². The molecule has 0 radical (unpaired) electrons. The molecule has 0 unspecified atom stereocenters. The lowest BCUT2D eigenvalue weighted by Crippen LogP contribution is -2.36. The number of aryl methyl sites for hydroxylation is 1. The summed E-state index contributed by atoms with van der Waals surface area (Å²) < 4.78 is 0. The number of aromatic amines is 1. The number of carbonyl (C=O) groups is 1. The smallest absolute Gasteiger partial charge is 0.254 e. The van der Waals surface area contributed by atoms with Gasteiger partial charge in [0.2, 0.25) is 5.91 Å². The first-order valence-electron chi connectivity index (χ1n) is 9.72. The van der Waals surface area contributed by atoms with Crippen LogP contribution in [0.3, 0.4) is 0 Å². The van der Waals surface area contributed by atoms with E-state index >= 15 is 0 Å². The molecule has 3 heterocycles. The van der Waals surface area contributed by atoms with Gasteiger partial charge in [0.15, 0.2) is 0 Å². The van der Waals surface area contributed by atoms with Gasteiger partial charge < -0.3 is 15.6 Å². The highest BCUT2D eigenvalue weighted by Gasteiger charge is 2.24. The monoisotopic (exact) mass is 461 g/mol. The minimum atomic E-state index is -0.215. The number of nitrogen functional groups attached to an aromatic ring is 1. The van der Waals surface area contributed by atoms with Crippen LogP contribution in [-0.4, -0.2) is 27.4 Å². The molecule has 31 heavy (non-hydrogen) atoms. The summed E-state index contributed by atoms with van der Waals surface area (Å²) in [5.41, 5.74) is 10.4. The van der Waals surface area contributed by atoms with Crippen molar-refractivity contribution in [2.24, 2.45) is 0 Å². The quantitative estimate of drug-likeness (QED) is 0.578. The van der Waals surface area contributed by atoms with E-state index in [-0.39, 0.29) is 42.7 Å². The second kappa shape index (κ2) is 10.4. The van der Waals surface area contributed by atoms with E-state index in [9.17, 15) is 9.59 Å². The highest BCUT2D eigenvalue weighted by molar-refractivity contribution is 5.95. The molecule has 0 atom stereocenters. The van der Waals surface area contributed by atoms with Crippen LogP contribution in [0.25, 0.3) is 11.4 Å². The van der Waals surface area contributed by atoms with Crippen molar-refractivity contribution in [3.8, 4) is 11.4 Å². The number of pyridine rings is 1. The molecule has 0 saturated carbocycles. The Morgan fingerprint density at radius 2 is 2.03 bits per heavy atom. The third-order valence-corrected chi connectivity index (χ3v) is 5.33. The van der Waals surface area contributed by atoms with E-state index in [0.29, 0.717) is 30.0 Å². The van der Waals surface area contributed by atoms with Crippen LogP contribution in [0.5, 0.6) is 0 Å². The fourth-order valence-electron chi connectivity index (χ4n) is 3.82. The van der Waals surface area contributed by atoms with Gasteiger partial charge in [-0.3, -0.25) is 14.6 Å². The number of amides is 1. The van der Waals surface area contributed by atoms with Crippen LogP contribution in [0.1, 0.15) is 29.7 Å². The van der Waals surface area contributed by atoms with E-state index in [0.717, 1.165) is 35.3 Å². The summed E-state index contributed by atoms with van der Waals surface area (Å²) in [4.78, 5) is 38.7. The third-order valence-electron chi connectivity index (χ3n) is 5.33. The molecule has 2 aromatic heterocycles. The van der Waals surface area contributed by atoms with Crippen molar-refractivity contribution in [2.75, 3.05) is 17.2 Å². The Labute approximate surface area is 192 Å². The van der Waals surface area contributed by atoms with Crippen LogP contribution in [0.4, 0.5) is 11.4 Å². The van der Waals surface area contributed by atoms with Gasteiger partial charge in [-0.05, 0) is 56.0 Å². The van der Waals surface area contributed by atoms with Gasteiger partial charge in [-0.15, -0.1) is 24.8 Å². The largest absolute Gasteiger partial charge is 0.398 e. The normalized spacial score (nSPS) is 12.4. The van der Waals surface area contributed by atoms with Crippen LogP contribution in [-0.2, 0) is 17.6 Å². The summed E-state index contributed by atoms with van der Waals surface area (Å²) in [5.74, 6) is 0.475. The van der Waals surface area contributed by atoms with E-state index in [4.69, 9.17) is 5.73 Å². The fourth-order valence-corrected chi connectivity index (χ4v) is 3.82. The van der Waals surface area contributed by atoms with Gasteiger partial charge in [-0.25, -0.2) is 4.98 Å². The molecule has 1 aromatic carbocycles. The number of hydrogen-bond acceptors (Lipinski definition) is 5. The summed E-state index contributed by atoms with van der Waals surface area (Å²) in [6, 6.07) is 9.31. The highest BCUT2D eigenvalue weighted by atomic mass is 35.5. The minimum absolute atomic E-state index is 0. The van der Waals surface area contributed by atoms with Crippen LogP contribution in [0.2, 0.25) is 0 Å². The van der Waals surface area contributed by atoms with Gasteiger partial charge in [0.05, 0.1) is 0 Å². The summed E-state index contributed by atoms with van der Waals surface area (Å²) in [5, 5.41) is 0. The van der Waals surface area contributed by atoms with Gasteiger partial charge >= 0.3 is 0 Å². The van der Waals surface area contributed by atoms with Crippen molar-refractivity contribution in [1.82, 2.24) is 15.0 Å². The lowest BCUT2D eigenvalue weighted by Gasteiger charge is -2.30. The van der Waals surface area contributed by atoms with E-state index in [1.807, 2.05) is 24.3 Å². The zero-order valence-electron chi connectivity index (χ0n) is 17.1. The van der Waals surface area contributed by atoms with Crippen molar-refractivity contribution in [3.05, 3.63) is 69.9 Å². The standard InChI is InChI=1S/C22H23N5O2.2ClH/c1-14-16(22(29)26-21(25-14)15-5-3-11-24-13-15)9-10-20(28)27-12-4-6-17-18(23)7-2-8-19(17)27;;/h2-3,5,7-8,11,13H,4,6,9-10,12,23H2,1H3,(H,25,26,29);2*1H. The van der Waals surface area contributed by atoms with Crippen LogP contribution in [0, 0.1) is 6.92 Å². The Hall–Kier alpha value is -2.90. The van der Waals surface area contributed by atoms with Crippen molar-refractivity contribution >= 4 is 42.1 Å². The first-order valence-corrected chi connectivity index (χ1v) is 9.72. The molecule has 0 saturated heterocycles. The molecule has 1 aliphatic heterocycles. The summed E-state index contributed by atoms with van der Waals surface area (Å²) >= 11 is 0. The van der Waals surface area contributed by atoms with Gasteiger partial charge in [-0.2, -0.15) is 0 Å². The predicted molar refractivity (Wildman–Crippen MR) is 127 cm³/mol. The number of anilines is 2. The number of nitrogens with one attached hydrogen (secondary N) is 1. The molecule has 1 amide bonds. The summed E-state index contributed by atoms with van der Waals surface area (Å²) in [7, 11) is 0. The van der Waals surface area contributed by atoms with Gasteiger partial charge in [0.25, 0.3) is 5.56 Å². The summed E-state index contributed by atoms with van der Waals surface area (Å²) in [6.45, 7) is 2.47. The number of H-pyrrole nitrogens is 1. The maximum absolute atomic E-state index is 12.9. The van der Waals surface area contributed by atoms with Gasteiger partial charge in [0.1, 0.15) is 5.82 Å². The maximum Gasteiger partial charge on any atom is 0.254 e. The topological polar surface area (TPSA) is 105 Å². The lowest BCUT2D eigenvalue weighted by molar-refractivity contribution is -0.118. The average molecular weight is 462 g/mol. The number of hydrogen-bond donors (Lipinski definition) is 2. The minimum Gasteiger partial charge on any atom is -0.398 e. The number of fused-ring (bicyclic) bond motifs is 1. The van der Waals surface area contributed by atoms with Crippen molar-refractivity contribution in [2.45, 2.75) is 32.6 Å². The Morgan fingerprint density at radius 1 is 1.23 bits per heavy atom. The molecule has 0 aliphatic carbocycles. The molecule has 4 rings (SSSR count). The summed E-state index contributed by atoms with van der Waals surface area (Å²) in [6.07, 6.45) is 5.67. The van der Waals surface area contributed by atoms with E-state index in [1.54, 1.807) is 30.3 Å². The fraction of sp³-hybridized carbons (Fsp3) is 0.273. The van der Waals surface area contributed by atoms with E-state index in [2.05, 4.69) is 15.0 Å². The number of halogens is 2. The third kappa shape index (κ3) is 5.06. The first kappa shape index (κ1) is 24.4. The maximum atomic E-state index is 12.9. The first-order chi connectivity index (χ1) is 14.0. The predicted octanol–water partition coefficient (Wildman–Crippen LogP) is 3.48. The second-order valence-corrected chi connectivity index (χ2v) is 7.21. The molecule has 164 valence electrons. The molecule has 1 aliphatic rings. The number of nitrogens with two attached hydrogens (primary N) is 1. The zero-order chi connectivity index (χ0) is 20.4. The number of carbonyl (C=O) groups excluding carboxylic acids is 1. The molecule has 3 aromatic rings. The number of nitrogens with zero attached hydrogens (tertiary/aromatic N) is 3. The Bertz CT molecular complexity index is 1120. The second-order valence-electron chi connectivity index (χ2n) is 7.21. The number of rotatable bonds is 4. The average Bonchev–Trinajstić information content (AvgIpc) is 2.73. The van der Waals surface area contributed by atoms with Gasteiger partial charge in [0, 0.05) is 53.6 Å². The molecular weight excluding hydrogens is 437 g/mol. The number of benzene rings is 1. The van der Waals surface area contributed by atoms with E-state index < -0.39 is 0 Å². The van der Waals surface area contributed by atoms with Crippen LogP contribution < -0.4 is 16.2 Å². The molecule has 3 N–H and O–H groups in total. The SMILES string of the molecule is Cc1nc(-c2cccnc2)[nH]c(=O)c1CCC(=O)N1CCCc2c(N)cccc21.Cl.Cl. The molecular formula is C22H25Cl2N5O2. The zero-order valence-corrected chi connectivity index (χ0v) is 18.8. The lowest BCUT2D eigenvalue weighted by atomic mass is 9.99. The molecule has 0 spiro atoms. The Kier molecular flexibility index (Phi) is 8.19. The molecule has 0 fully saturated rings. The number of aromatic nitrogens is 3. The van der Waals surface area contributed by atoms with Crippen LogP contribution in [0.15, 0.2) is 47.5 Å². The van der Waals surface area contributed by atoms with Crippen molar-refractivity contribution in [3.63, 3.8) is 0 Å². The Morgan fingerprint density at radius 3 is 2.74 bits per heavy atom. The molecule has 7 nitrogen and oxygen atoms in total. The van der Waals surface area contributed by atoms with Crippen molar-refractivity contribution < 1.29 is 4.79 Å². The van der Waals surface area contributed by atoms with Gasteiger partial charge in [-0.1, -0.05) is 6.07 Å². The van der Waals surface area contributed by atoms with Crippen molar-refractivity contribution in [1.29, 1.82) is 0 Å². The molecule has 0 bridgehead atoms. The molecule has 9 heteroatoms. The van der Waals surface area contributed by atoms with E-state index in [1.165, 1.54) is 0 Å².